The molecule has 3 aromatic carbocycles. The summed E-state index contributed by atoms with van der Waals surface area (Å²) in [6.07, 6.45) is 2.58. The SMILES string of the molecule is O=C1C=CC(=O)c2c1ccc1c3ccccc3n(-c3cccc([NH+]([O-])O)c3)c21. The van der Waals surface area contributed by atoms with E-state index < -0.39 is 5.23 Å². The van der Waals surface area contributed by atoms with Crippen LogP contribution in [0.5, 0.6) is 0 Å². The number of aromatic nitrogens is 1. The molecule has 0 fully saturated rings. The third-order valence-corrected chi connectivity index (χ3v) is 5.09. The number of hydrogen-bond donors (Lipinski definition) is 2. The minimum Gasteiger partial charge on any atom is -0.595 e. The second-order valence-corrected chi connectivity index (χ2v) is 6.65. The molecule has 1 heterocycles. The van der Waals surface area contributed by atoms with Crippen LogP contribution in [0.25, 0.3) is 27.5 Å². The lowest BCUT2D eigenvalue weighted by atomic mass is 9.92. The smallest absolute Gasteiger partial charge is 0.188 e. The number of rotatable bonds is 2. The first-order valence-electron chi connectivity index (χ1n) is 8.73. The van der Waals surface area contributed by atoms with Crippen molar-refractivity contribution in [3.05, 3.63) is 89.1 Å². The molecule has 0 saturated carbocycles. The van der Waals surface area contributed by atoms with Gasteiger partial charge in [-0.05, 0) is 30.4 Å². The lowest BCUT2D eigenvalue weighted by molar-refractivity contribution is -0.991. The average Bonchev–Trinajstić information content (AvgIpc) is 3.05. The molecule has 1 aromatic heterocycles. The maximum absolute atomic E-state index is 12.7. The number of allylic oxidation sites excluding steroid dienone is 2. The van der Waals surface area contributed by atoms with Crippen molar-refractivity contribution < 1.29 is 20.0 Å². The van der Waals surface area contributed by atoms with Crippen LogP contribution in [0.4, 0.5) is 5.69 Å². The van der Waals surface area contributed by atoms with E-state index >= 15 is 0 Å². The first-order valence-corrected chi connectivity index (χ1v) is 8.73. The van der Waals surface area contributed by atoms with Gasteiger partial charge < -0.3 is 9.77 Å². The third kappa shape index (κ3) is 2.26. The van der Waals surface area contributed by atoms with Gasteiger partial charge in [0.05, 0.1) is 22.3 Å². The van der Waals surface area contributed by atoms with Gasteiger partial charge in [0.2, 0.25) is 0 Å². The zero-order chi connectivity index (χ0) is 19.4. The Morgan fingerprint density at radius 1 is 0.857 bits per heavy atom. The fourth-order valence-corrected chi connectivity index (χ4v) is 3.88. The zero-order valence-electron chi connectivity index (χ0n) is 14.5. The largest absolute Gasteiger partial charge is 0.595 e. The van der Waals surface area contributed by atoms with Gasteiger partial charge in [0.25, 0.3) is 0 Å². The fraction of sp³-hybridized carbons (Fsp3) is 0. The molecule has 0 radical (unpaired) electrons. The number of fused-ring (bicyclic) bond motifs is 5. The highest BCUT2D eigenvalue weighted by Gasteiger charge is 2.26. The minimum absolute atomic E-state index is 0.149. The molecule has 0 bridgehead atoms. The number of nitrogens with one attached hydrogen (secondary N) is 1. The van der Waals surface area contributed by atoms with Crippen molar-refractivity contribution in [3.63, 3.8) is 0 Å². The summed E-state index contributed by atoms with van der Waals surface area (Å²) >= 11 is 0. The van der Waals surface area contributed by atoms with Gasteiger partial charge in [0.15, 0.2) is 17.3 Å². The number of benzene rings is 3. The van der Waals surface area contributed by atoms with Crippen LogP contribution in [0.15, 0.2) is 72.8 Å². The Labute approximate surface area is 159 Å². The van der Waals surface area contributed by atoms with Crippen LogP contribution in [0.2, 0.25) is 0 Å². The Hall–Kier alpha value is -3.58. The van der Waals surface area contributed by atoms with E-state index in [1.54, 1.807) is 24.3 Å². The molecule has 2 N–H and O–H groups in total. The van der Waals surface area contributed by atoms with Crippen LogP contribution in [-0.2, 0) is 0 Å². The Balaban J connectivity index is 1.98. The number of carbonyl (C=O) groups is 2. The first kappa shape index (κ1) is 16.6. The summed E-state index contributed by atoms with van der Waals surface area (Å²) in [6, 6.07) is 17.7. The predicted molar refractivity (Wildman–Crippen MR) is 104 cm³/mol. The van der Waals surface area contributed by atoms with E-state index in [4.69, 9.17) is 0 Å². The molecule has 0 amide bonds. The second-order valence-electron chi connectivity index (χ2n) is 6.65. The molecule has 136 valence electrons. The molecule has 6 heteroatoms. The molecular weight excluding hydrogens is 356 g/mol. The maximum atomic E-state index is 12.7. The van der Waals surface area contributed by atoms with Crippen LogP contribution in [0, 0.1) is 5.21 Å². The quantitative estimate of drug-likeness (QED) is 0.531. The number of ketones is 2. The van der Waals surface area contributed by atoms with E-state index in [0.717, 1.165) is 16.3 Å². The molecule has 0 spiro atoms. The monoisotopic (exact) mass is 370 g/mol. The number of quaternary nitrogens is 1. The van der Waals surface area contributed by atoms with E-state index in [-0.39, 0.29) is 17.3 Å². The van der Waals surface area contributed by atoms with Crippen LogP contribution in [0.1, 0.15) is 20.7 Å². The van der Waals surface area contributed by atoms with Gasteiger partial charge in [-0.25, -0.2) is 5.21 Å². The van der Waals surface area contributed by atoms with Crippen molar-refractivity contribution in [2.75, 3.05) is 0 Å². The van der Waals surface area contributed by atoms with Crippen LogP contribution < -0.4 is 5.23 Å². The summed E-state index contributed by atoms with van der Waals surface area (Å²) in [6.45, 7) is 0. The molecule has 0 saturated heterocycles. The van der Waals surface area contributed by atoms with Gasteiger partial charge in [-0.15, -0.1) is 0 Å². The van der Waals surface area contributed by atoms with Gasteiger partial charge in [-0.1, -0.05) is 30.3 Å². The number of hydrogen-bond acceptors (Lipinski definition) is 4. The summed E-state index contributed by atoms with van der Waals surface area (Å²) in [5.74, 6) is -0.453. The highest BCUT2D eigenvalue weighted by Crippen LogP contribution is 2.37. The summed E-state index contributed by atoms with van der Waals surface area (Å²) in [4.78, 5) is 25.1. The first-order chi connectivity index (χ1) is 13.6. The molecule has 5 rings (SSSR count). The summed E-state index contributed by atoms with van der Waals surface area (Å²) in [5.41, 5.74) is 2.93. The van der Waals surface area contributed by atoms with Crippen molar-refractivity contribution in [1.29, 1.82) is 0 Å². The molecule has 1 atom stereocenters. The topological polar surface area (TPSA) is 86.8 Å². The van der Waals surface area contributed by atoms with Gasteiger partial charge >= 0.3 is 0 Å². The highest BCUT2D eigenvalue weighted by molar-refractivity contribution is 6.28. The van der Waals surface area contributed by atoms with E-state index in [1.807, 2.05) is 34.9 Å². The van der Waals surface area contributed by atoms with Crippen molar-refractivity contribution in [1.82, 2.24) is 4.57 Å². The number of carbonyl (C=O) groups excluding carboxylic acids is 2. The van der Waals surface area contributed by atoms with Crippen molar-refractivity contribution >= 4 is 39.1 Å². The summed E-state index contributed by atoms with van der Waals surface area (Å²) in [5, 5.41) is 21.6. The van der Waals surface area contributed by atoms with Crippen LogP contribution in [0.3, 0.4) is 0 Å². The van der Waals surface area contributed by atoms with E-state index in [1.165, 1.54) is 18.2 Å². The Bertz CT molecular complexity index is 1330. The van der Waals surface area contributed by atoms with E-state index in [0.29, 0.717) is 22.3 Å². The molecule has 6 nitrogen and oxygen atoms in total. The van der Waals surface area contributed by atoms with E-state index in [9.17, 15) is 20.0 Å². The molecule has 0 aliphatic heterocycles. The van der Waals surface area contributed by atoms with E-state index in [2.05, 4.69) is 0 Å². The Morgan fingerprint density at radius 3 is 2.46 bits per heavy atom. The van der Waals surface area contributed by atoms with Gasteiger partial charge in [0.1, 0.15) is 0 Å². The van der Waals surface area contributed by atoms with Gasteiger partial charge in [-0.2, -0.15) is 5.23 Å². The minimum atomic E-state index is -1.03. The number of para-hydroxylation sites is 1. The highest BCUT2D eigenvalue weighted by atomic mass is 16.8. The standard InChI is InChI=1S/C22H14N2O4/c25-19-10-11-20(26)21-17(19)9-8-16-15-6-1-2-7-18(15)23(22(16)21)13-4-3-5-14(12-13)24(27)28/h1-12,24,27H. The Morgan fingerprint density at radius 2 is 1.64 bits per heavy atom. The molecule has 4 aromatic rings. The average molecular weight is 370 g/mol. The maximum Gasteiger partial charge on any atom is 0.188 e. The Kier molecular flexibility index (Phi) is 3.53. The van der Waals surface area contributed by atoms with Crippen molar-refractivity contribution in [3.8, 4) is 5.69 Å². The van der Waals surface area contributed by atoms with Crippen LogP contribution >= 0.6 is 0 Å². The van der Waals surface area contributed by atoms with Crippen molar-refractivity contribution in [2.45, 2.75) is 0 Å². The van der Waals surface area contributed by atoms with Gasteiger partial charge in [0, 0.05) is 28.5 Å². The molecule has 1 unspecified atom stereocenters. The van der Waals surface area contributed by atoms with Crippen molar-refractivity contribution in [2.24, 2.45) is 0 Å². The molecule has 1 aliphatic rings. The molecule has 1 aliphatic carbocycles. The third-order valence-electron chi connectivity index (χ3n) is 5.09. The summed E-state index contributed by atoms with van der Waals surface area (Å²) in [7, 11) is 0. The van der Waals surface area contributed by atoms with Gasteiger partial charge in [-0.3, -0.25) is 9.59 Å². The molecular formula is C22H14N2O4. The lowest BCUT2D eigenvalue weighted by Gasteiger charge is -2.16. The number of nitrogens with zero attached hydrogens (tertiary/aromatic N) is 1. The fourth-order valence-electron chi connectivity index (χ4n) is 3.88. The lowest BCUT2D eigenvalue weighted by Crippen LogP contribution is -2.99. The zero-order valence-corrected chi connectivity index (χ0v) is 14.5. The molecule has 28 heavy (non-hydrogen) atoms. The summed E-state index contributed by atoms with van der Waals surface area (Å²) < 4.78 is 1.86. The second kappa shape index (κ2) is 5.97. The predicted octanol–water partition coefficient (Wildman–Crippen LogP) is 3.12. The van der Waals surface area contributed by atoms with Crippen LogP contribution in [-0.4, -0.2) is 21.3 Å². The normalized spacial score (nSPS) is 14.6.